The van der Waals surface area contributed by atoms with Gasteiger partial charge in [0, 0.05) is 17.1 Å². The van der Waals surface area contributed by atoms with E-state index in [1.165, 1.54) is 0 Å². The predicted molar refractivity (Wildman–Crippen MR) is 82.5 cm³/mol. The van der Waals surface area contributed by atoms with Crippen LogP contribution in [-0.4, -0.2) is 23.8 Å². The summed E-state index contributed by atoms with van der Waals surface area (Å²) in [7, 11) is 0. The molecule has 20 heavy (non-hydrogen) atoms. The maximum Gasteiger partial charge on any atom is 0.315 e. The fourth-order valence-corrected chi connectivity index (χ4v) is 3.05. The third kappa shape index (κ3) is 3.73. The van der Waals surface area contributed by atoms with Crippen molar-refractivity contribution >= 4 is 22.0 Å². The number of nitrogens with one attached hydrogen (secondary N) is 2. The molecule has 1 aliphatic carbocycles. The molecular formula is C15H21BrN2O2. The number of aliphatic hydroxyl groups is 1. The van der Waals surface area contributed by atoms with E-state index < -0.39 is 0 Å². The minimum absolute atomic E-state index is 0.0668. The number of hydrogen-bond donors (Lipinski definition) is 3. The molecule has 1 unspecified atom stereocenters. The van der Waals surface area contributed by atoms with Gasteiger partial charge in [-0.2, -0.15) is 0 Å². The molecule has 0 aromatic heterocycles. The number of benzene rings is 1. The van der Waals surface area contributed by atoms with E-state index in [2.05, 4.69) is 26.6 Å². The molecule has 1 aromatic carbocycles. The van der Waals surface area contributed by atoms with E-state index in [9.17, 15) is 4.79 Å². The van der Waals surface area contributed by atoms with E-state index in [0.717, 1.165) is 29.3 Å². The molecule has 0 bridgehead atoms. The topological polar surface area (TPSA) is 61.4 Å². The van der Waals surface area contributed by atoms with Gasteiger partial charge in [0.15, 0.2) is 0 Å². The van der Waals surface area contributed by atoms with Crippen LogP contribution in [0.1, 0.15) is 38.2 Å². The third-order valence-corrected chi connectivity index (χ3v) is 4.36. The second-order valence-corrected chi connectivity index (χ2v) is 6.28. The van der Waals surface area contributed by atoms with E-state index >= 15 is 0 Å². The number of halogens is 1. The SMILES string of the molecule is CC(CCCO)NC(=O)NC1(c2ccccc2Br)CC1. The van der Waals surface area contributed by atoms with Crippen LogP contribution in [0.5, 0.6) is 0 Å². The maximum absolute atomic E-state index is 12.1. The van der Waals surface area contributed by atoms with Crippen LogP contribution in [0.2, 0.25) is 0 Å². The second-order valence-electron chi connectivity index (χ2n) is 5.43. The van der Waals surface area contributed by atoms with Crippen LogP contribution < -0.4 is 10.6 Å². The molecule has 2 rings (SSSR count). The Balaban J connectivity index is 1.93. The van der Waals surface area contributed by atoms with Gasteiger partial charge in [-0.25, -0.2) is 4.79 Å². The Kier molecular flexibility index (Phi) is 5.05. The number of carbonyl (C=O) groups is 1. The van der Waals surface area contributed by atoms with Gasteiger partial charge in [-0.05, 0) is 44.2 Å². The highest BCUT2D eigenvalue weighted by Crippen LogP contribution is 2.47. The molecule has 1 aliphatic rings. The molecule has 1 saturated carbocycles. The lowest BCUT2D eigenvalue weighted by Gasteiger charge is -2.21. The van der Waals surface area contributed by atoms with Crippen LogP contribution in [0.4, 0.5) is 4.79 Å². The van der Waals surface area contributed by atoms with Crippen LogP contribution in [0.15, 0.2) is 28.7 Å². The van der Waals surface area contributed by atoms with Crippen LogP contribution in [0.3, 0.4) is 0 Å². The largest absolute Gasteiger partial charge is 0.396 e. The van der Waals surface area contributed by atoms with Gasteiger partial charge in [0.1, 0.15) is 0 Å². The molecule has 5 heteroatoms. The lowest BCUT2D eigenvalue weighted by Crippen LogP contribution is -2.45. The Hall–Kier alpha value is -1.07. The summed E-state index contributed by atoms with van der Waals surface area (Å²) in [5.74, 6) is 0. The monoisotopic (exact) mass is 340 g/mol. The van der Waals surface area contributed by atoms with Gasteiger partial charge in [0.25, 0.3) is 0 Å². The summed E-state index contributed by atoms with van der Waals surface area (Å²) in [6.07, 6.45) is 3.42. The summed E-state index contributed by atoms with van der Waals surface area (Å²) in [5.41, 5.74) is 0.916. The molecule has 3 N–H and O–H groups in total. The summed E-state index contributed by atoms with van der Waals surface area (Å²) in [6, 6.07) is 7.94. The zero-order chi connectivity index (χ0) is 14.6. The fourth-order valence-electron chi connectivity index (χ4n) is 2.38. The summed E-state index contributed by atoms with van der Waals surface area (Å²) >= 11 is 3.55. The summed E-state index contributed by atoms with van der Waals surface area (Å²) in [6.45, 7) is 2.11. The van der Waals surface area contributed by atoms with E-state index in [0.29, 0.717) is 6.42 Å². The number of hydrogen-bond acceptors (Lipinski definition) is 2. The highest BCUT2D eigenvalue weighted by atomic mass is 79.9. The normalized spacial score (nSPS) is 17.4. The number of carbonyl (C=O) groups excluding carboxylic acids is 1. The Morgan fingerprint density at radius 2 is 2.15 bits per heavy atom. The Morgan fingerprint density at radius 1 is 1.45 bits per heavy atom. The van der Waals surface area contributed by atoms with Crippen molar-refractivity contribution in [1.82, 2.24) is 10.6 Å². The lowest BCUT2D eigenvalue weighted by atomic mass is 10.1. The molecular weight excluding hydrogens is 320 g/mol. The molecule has 0 radical (unpaired) electrons. The zero-order valence-corrected chi connectivity index (χ0v) is 13.2. The van der Waals surface area contributed by atoms with Gasteiger partial charge >= 0.3 is 6.03 Å². The van der Waals surface area contributed by atoms with Crippen molar-refractivity contribution in [2.75, 3.05) is 6.61 Å². The van der Waals surface area contributed by atoms with E-state index in [1.54, 1.807) is 0 Å². The second kappa shape index (κ2) is 6.59. The van der Waals surface area contributed by atoms with E-state index in [1.807, 2.05) is 31.2 Å². The third-order valence-electron chi connectivity index (χ3n) is 3.66. The Labute approximate surface area is 128 Å². The quantitative estimate of drug-likeness (QED) is 0.745. The first kappa shape index (κ1) is 15.3. The maximum atomic E-state index is 12.1. The van der Waals surface area contributed by atoms with Gasteiger partial charge in [-0.15, -0.1) is 0 Å². The summed E-state index contributed by atoms with van der Waals surface area (Å²) in [5, 5.41) is 14.8. The molecule has 1 aromatic rings. The summed E-state index contributed by atoms with van der Waals surface area (Å²) < 4.78 is 1.03. The van der Waals surface area contributed by atoms with Crippen LogP contribution in [0, 0.1) is 0 Å². The van der Waals surface area contributed by atoms with Crippen molar-refractivity contribution in [3.05, 3.63) is 34.3 Å². The molecule has 110 valence electrons. The molecule has 1 atom stereocenters. The van der Waals surface area contributed by atoms with Crippen molar-refractivity contribution in [2.24, 2.45) is 0 Å². The average molecular weight is 341 g/mol. The van der Waals surface area contributed by atoms with Gasteiger partial charge in [0.2, 0.25) is 0 Å². The highest BCUT2D eigenvalue weighted by molar-refractivity contribution is 9.10. The van der Waals surface area contributed by atoms with Gasteiger partial charge in [-0.3, -0.25) is 0 Å². The number of rotatable bonds is 6. The van der Waals surface area contributed by atoms with Gasteiger partial charge in [0.05, 0.1) is 5.54 Å². The molecule has 1 fully saturated rings. The molecule has 0 heterocycles. The van der Waals surface area contributed by atoms with Crippen molar-refractivity contribution in [1.29, 1.82) is 0 Å². The van der Waals surface area contributed by atoms with Crippen LogP contribution in [-0.2, 0) is 5.54 Å². The fraction of sp³-hybridized carbons (Fsp3) is 0.533. The zero-order valence-electron chi connectivity index (χ0n) is 11.7. The van der Waals surface area contributed by atoms with Crippen molar-refractivity contribution < 1.29 is 9.90 Å². The van der Waals surface area contributed by atoms with Crippen LogP contribution in [0.25, 0.3) is 0 Å². The average Bonchev–Trinajstić information content (AvgIpc) is 3.17. The first-order valence-corrected chi connectivity index (χ1v) is 7.81. The van der Waals surface area contributed by atoms with Crippen LogP contribution >= 0.6 is 15.9 Å². The van der Waals surface area contributed by atoms with Crippen molar-refractivity contribution in [3.63, 3.8) is 0 Å². The number of amides is 2. The molecule has 0 saturated heterocycles. The smallest absolute Gasteiger partial charge is 0.315 e. The Bertz CT molecular complexity index is 475. The number of urea groups is 1. The highest BCUT2D eigenvalue weighted by Gasteiger charge is 2.46. The van der Waals surface area contributed by atoms with E-state index in [4.69, 9.17) is 5.11 Å². The molecule has 2 amide bonds. The summed E-state index contributed by atoms with van der Waals surface area (Å²) in [4.78, 5) is 12.1. The Morgan fingerprint density at radius 3 is 2.75 bits per heavy atom. The molecule has 4 nitrogen and oxygen atoms in total. The van der Waals surface area contributed by atoms with E-state index in [-0.39, 0.29) is 24.2 Å². The van der Waals surface area contributed by atoms with Gasteiger partial charge < -0.3 is 15.7 Å². The van der Waals surface area contributed by atoms with Crippen molar-refractivity contribution in [2.45, 2.75) is 44.2 Å². The van der Waals surface area contributed by atoms with Gasteiger partial charge in [-0.1, -0.05) is 34.1 Å². The van der Waals surface area contributed by atoms with Crippen molar-refractivity contribution in [3.8, 4) is 0 Å². The molecule has 0 spiro atoms. The minimum atomic E-state index is -0.221. The minimum Gasteiger partial charge on any atom is -0.396 e. The first-order valence-electron chi connectivity index (χ1n) is 7.02. The predicted octanol–water partition coefficient (Wildman–Crippen LogP) is 2.90. The lowest BCUT2D eigenvalue weighted by molar-refractivity contribution is 0.229. The first-order chi connectivity index (χ1) is 9.57. The molecule has 0 aliphatic heterocycles. The number of aliphatic hydroxyl groups excluding tert-OH is 1. The standard InChI is InChI=1S/C15H21BrN2O2/c1-11(5-4-10-19)17-14(20)18-15(8-9-15)12-6-2-3-7-13(12)16/h2-3,6-7,11,19H,4-5,8-10H2,1H3,(H2,17,18,20).